The molecular formula is C18H13ClFN5. The third kappa shape index (κ3) is 2.92. The molecule has 0 saturated heterocycles. The Kier molecular flexibility index (Phi) is 3.82. The van der Waals surface area contributed by atoms with Gasteiger partial charge in [0.2, 0.25) is 0 Å². The number of pyridine rings is 1. The summed E-state index contributed by atoms with van der Waals surface area (Å²) < 4.78 is 14.2. The molecule has 124 valence electrons. The first-order valence-electron chi connectivity index (χ1n) is 7.60. The van der Waals surface area contributed by atoms with Crippen molar-refractivity contribution in [2.24, 2.45) is 0 Å². The smallest absolute Gasteiger partial charge is 0.184 e. The van der Waals surface area contributed by atoms with Gasteiger partial charge in [0.15, 0.2) is 17.5 Å². The number of anilines is 2. The Morgan fingerprint density at radius 2 is 2.00 bits per heavy atom. The summed E-state index contributed by atoms with van der Waals surface area (Å²) in [5, 5.41) is 4.31. The Morgan fingerprint density at radius 1 is 1.16 bits per heavy atom. The molecule has 3 heterocycles. The maximum atomic E-state index is 14.2. The number of benzene rings is 1. The van der Waals surface area contributed by atoms with Crippen LogP contribution in [0.3, 0.4) is 0 Å². The van der Waals surface area contributed by atoms with Crippen molar-refractivity contribution in [1.82, 2.24) is 19.9 Å². The second kappa shape index (κ2) is 6.14. The zero-order valence-corrected chi connectivity index (χ0v) is 14.0. The van der Waals surface area contributed by atoms with E-state index in [1.54, 1.807) is 18.5 Å². The van der Waals surface area contributed by atoms with Crippen LogP contribution in [-0.2, 0) is 0 Å². The first-order chi connectivity index (χ1) is 12.1. The monoisotopic (exact) mass is 353 g/mol. The molecule has 0 radical (unpaired) electrons. The van der Waals surface area contributed by atoms with Crippen LogP contribution >= 0.6 is 11.6 Å². The number of rotatable bonds is 3. The van der Waals surface area contributed by atoms with E-state index in [-0.39, 0.29) is 5.82 Å². The Morgan fingerprint density at radius 3 is 2.84 bits per heavy atom. The van der Waals surface area contributed by atoms with Crippen molar-refractivity contribution in [2.45, 2.75) is 6.92 Å². The molecule has 0 atom stereocenters. The van der Waals surface area contributed by atoms with Gasteiger partial charge in [-0.15, -0.1) is 0 Å². The van der Waals surface area contributed by atoms with Crippen molar-refractivity contribution in [2.75, 3.05) is 5.32 Å². The molecule has 4 aromatic rings. The molecule has 1 aromatic carbocycles. The van der Waals surface area contributed by atoms with Gasteiger partial charge < -0.3 is 10.3 Å². The van der Waals surface area contributed by atoms with Gasteiger partial charge in [0.25, 0.3) is 0 Å². The SMILES string of the molecule is Cc1ccccc1Nc1nc(-c2c[nH]c3ncc(Cl)cc23)ncc1F. The number of para-hydroxylation sites is 1. The summed E-state index contributed by atoms with van der Waals surface area (Å²) in [5.74, 6) is -0.0283. The third-order valence-electron chi connectivity index (χ3n) is 3.88. The maximum Gasteiger partial charge on any atom is 0.184 e. The second-order valence-corrected chi connectivity index (χ2v) is 6.02. The molecule has 0 saturated carbocycles. The molecule has 0 unspecified atom stereocenters. The standard InChI is InChI=1S/C18H13ClFN5/c1-10-4-2-3-5-15(10)24-18-14(20)9-23-17(25-18)13-8-22-16-12(13)6-11(19)7-21-16/h2-9H,1H3,(H,21,22)(H,23,24,25). The Bertz CT molecular complexity index is 1080. The average Bonchev–Trinajstić information content (AvgIpc) is 3.02. The largest absolute Gasteiger partial charge is 0.345 e. The van der Waals surface area contributed by atoms with Gasteiger partial charge in [-0.25, -0.2) is 19.3 Å². The van der Waals surface area contributed by atoms with Crippen molar-refractivity contribution in [3.63, 3.8) is 0 Å². The van der Waals surface area contributed by atoms with E-state index >= 15 is 0 Å². The van der Waals surface area contributed by atoms with Crippen LogP contribution in [0, 0.1) is 12.7 Å². The summed E-state index contributed by atoms with van der Waals surface area (Å²) in [6, 6.07) is 9.38. The van der Waals surface area contributed by atoms with Gasteiger partial charge in [-0.05, 0) is 24.6 Å². The number of nitrogens with one attached hydrogen (secondary N) is 2. The number of aromatic nitrogens is 4. The molecule has 0 aliphatic heterocycles. The van der Waals surface area contributed by atoms with Crippen LogP contribution in [0.5, 0.6) is 0 Å². The van der Waals surface area contributed by atoms with E-state index in [0.29, 0.717) is 22.1 Å². The number of nitrogens with zero attached hydrogens (tertiary/aromatic N) is 3. The van der Waals surface area contributed by atoms with Gasteiger partial charge in [0.05, 0.1) is 11.2 Å². The first-order valence-corrected chi connectivity index (χ1v) is 7.98. The molecule has 0 aliphatic rings. The minimum absolute atomic E-state index is 0.114. The van der Waals surface area contributed by atoms with Crippen molar-refractivity contribution < 1.29 is 4.39 Å². The highest BCUT2D eigenvalue weighted by Crippen LogP contribution is 2.29. The summed E-state index contributed by atoms with van der Waals surface area (Å²) in [5.41, 5.74) is 3.15. The lowest BCUT2D eigenvalue weighted by molar-refractivity contribution is 0.619. The number of halogens is 2. The predicted molar refractivity (Wildman–Crippen MR) is 96.5 cm³/mol. The van der Waals surface area contributed by atoms with Crippen LogP contribution in [0.1, 0.15) is 5.56 Å². The van der Waals surface area contributed by atoms with Crippen molar-refractivity contribution in [3.05, 3.63) is 65.3 Å². The molecule has 3 aromatic heterocycles. The topological polar surface area (TPSA) is 66.5 Å². The summed E-state index contributed by atoms with van der Waals surface area (Å²) in [4.78, 5) is 15.7. The maximum absolute atomic E-state index is 14.2. The molecular weight excluding hydrogens is 341 g/mol. The molecule has 5 nitrogen and oxygen atoms in total. The first kappa shape index (κ1) is 15.5. The van der Waals surface area contributed by atoms with Crippen molar-refractivity contribution >= 4 is 34.1 Å². The Balaban J connectivity index is 1.79. The average molecular weight is 354 g/mol. The number of H-pyrrole nitrogens is 1. The third-order valence-corrected chi connectivity index (χ3v) is 4.09. The highest BCUT2D eigenvalue weighted by atomic mass is 35.5. The van der Waals surface area contributed by atoms with E-state index in [2.05, 4.69) is 25.3 Å². The summed E-state index contributed by atoms with van der Waals surface area (Å²) in [6.45, 7) is 1.94. The van der Waals surface area contributed by atoms with E-state index in [1.807, 2.05) is 31.2 Å². The summed E-state index contributed by atoms with van der Waals surface area (Å²) in [6.07, 6.45) is 4.44. The number of hydrogen-bond acceptors (Lipinski definition) is 4. The lowest BCUT2D eigenvalue weighted by Gasteiger charge is -2.10. The Labute approximate surface area is 147 Å². The normalized spacial score (nSPS) is 11.0. The Hall–Kier alpha value is -2.99. The summed E-state index contributed by atoms with van der Waals surface area (Å²) in [7, 11) is 0. The quantitative estimate of drug-likeness (QED) is 0.551. The van der Waals surface area contributed by atoms with E-state index in [4.69, 9.17) is 11.6 Å². The molecule has 2 N–H and O–H groups in total. The van der Waals surface area contributed by atoms with Gasteiger partial charge >= 0.3 is 0 Å². The van der Waals surface area contributed by atoms with Crippen LogP contribution in [-0.4, -0.2) is 19.9 Å². The van der Waals surface area contributed by atoms with Crippen LogP contribution in [0.25, 0.3) is 22.4 Å². The van der Waals surface area contributed by atoms with E-state index in [0.717, 1.165) is 22.8 Å². The molecule has 4 rings (SSSR count). The lowest BCUT2D eigenvalue weighted by Crippen LogP contribution is -2.01. The zero-order chi connectivity index (χ0) is 17.4. The van der Waals surface area contributed by atoms with Crippen molar-refractivity contribution in [1.29, 1.82) is 0 Å². The molecule has 0 amide bonds. The van der Waals surface area contributed by atoms with Crippen LogP contribution in [0.15, 0.2) is 48.9 Å². The van der Waals surface area contributed by atoms with Gasteiger partial charge in [-0.1, -0.05) is 29.8 Å². The minimum Gasteiger partial charge on any atom is -0.345 e. The van der Waals surface area contributed by atoms with Gasteiger partial charge in [0, 0.05) is 29.0 Å². The fourth-order valence-corrected chi connectivity index (χ4v) is 2.75. The molecule has 25 heavy (non-hydrogen) atoms. The minimum atomic E-state index is -0.525. The molecule has 0 fully saturated rings. The summed E-state index contributed by atoms with van der Waals surface area (Å²) >= 11 is 6.03. The number of hydrogen-bond donors (Lipinski definition) is 2. The van der Waals surface area contributed by atoms with Gasteiger partial charge in [0.1, 0.15) is 5.65 Å². The van der Waals surface area contributed by atoms with Crippen LogP contribution in [0.2, 0.25) is 5.02 Å². The highest BCUT2D eigenvalue weighted by molar-refractivity contribution is 6.31. The zero-order valence-electron chi connectivity index (χ0n) is 13.2. The second-order valence-electron chi connectivity index (χ2n) is 5.58. The van der Waals surface area contributed by atoms with E-state index in [1.165, 1.54) is 0 Å². The molecule has 0 aliphatic carbocycles. The van der Waals surface area contributed by atoms with Crippen LogP contribution < -0.4 is 5.32 Å². The van der Waals surface area contributed by atoms with Gasteiger partial charge in [-0.3, -0.25) is 0 Å². The molecule has 7 heteroatoms. The fraction of sp³-hybridized carbons (Fsp3) is 0.0556. The number of aromatic amines is 1. The number of fused-ring (bicyclic) bond motifs is 1. The predicted octanol–water partition coefficient (Wildman–Crippen LogP) is 4.86. The van der Waals surface area contributed by atoms with Gasteiger partial charge in [-0.2, -0.15) is 0 Å². The van der Waals surface area contributed by atoms with Crippen LogP contribution in [0.4, 0.5) is 15.9 Å². The molecule has 0 spiro atoms. The highest BCUT2D eigenvalue weighted by Gasteiger charge is 2.14. The molecule has 0 bridgehead atoms. The van der Waals surface area contributed by atoms with E-state index < -0.39 is 5.82 Å². The fourth-order valence-electron chi connectivity index (χ4n) is 2.59. The lowest BCUT2D eigenvalue weighted by atomic mass is 10.2. The van der Waals surface area contributed by atoms with E-state index in [9.17, 15) is 4.39 Å². The number of aryl methyl sites for hydroxylation is 1. The van der Waals surface area contributed by atoms with Crippen molar-refractivity contribution in [3.8, 4) is 11.4 Å².